The Labute approximate surface area is 87.7 Å². The highest BCUT2D eigenvalue weighted by atomic mass is 16.7. The number of carbonyl (C=O) groups is 1. The van der Waals surface area contributed by atoms with Gasteiger partial charge in [0, 0.05) is 14.0 Å². The second-order valence-electron chi connectivity index (χ2n) is 3.50. The third-order valence-corrected chi connectivity index (χ3v) is 2.32. The lowest BCUT2D eigenvalue weighted by Crippen LogP contribution is -2.58. The van der Waals surface area contributed by atoms with E-state index in [2.05, 4.69) is 0 Å². The summed E-state index contributed by atoms with van der Waals surface area (Å²) in [5, 5.41) is 19.2. The summed E-state index contributed by atoms with van der Waals surface area (Å²) >= 11 is 0. The van der Waals surface area contributed by atoms with Gasteiger partial charge in [0.2, 0.25) is 0 Å². The maximum absolute atomic E-state index is 10.8. The Morgan fingerprint density at radius 2 is 1.93 bits per heavy atom. The van der Waals surface area contributed by atoms with Crippen molar-refractivity contribution < 1.29 is 29.2 Å². The average Bonchev–Trinajstić information content (AvgIpc) is 2.18. The fourth-order valence-corrected chi connectivity index (χ4v) is 1.51. The van der Waals surface area contributed by atoms with Gasteiger partial charge >= 0.3 is 5.97 Å². The minimum atomic E-state index is -1.21. The normalized spacial score (nSPS) is 41.3. The molecule has 0 aromatic rings. The van der Waals surface area contributed by atoms with Crippen molar-refractivity contribution in [2.24, 2.45) is 0 Å². The van der Waals surface area contributed by atoms with E-state index in [9.17, 15) is 15.0 Å². The maximum Gasteiger partial charge on any atom is 0.303 e. The highest BCUT2D eigenvalue weighted by Gasteiger charge is 2.44. The minimum Gasteiger partial charge on any atom is -0.454 e. The van der Waals surface area contributed by atoms with Gasteiger partial charge in [-0.25, -0.2) is 0 Å². The average molecular weight is 220 g/mol. The standard InChI is InChI=1S/C9H16O6/c1-4-6(11)7(12)8(15-5(2)10)9(13-3)14-4/h4,6-9,11-12H,1-3H3/t4-,6+,7+,8-,9+/m1/s1. The van der Waals surface area contributed by atoms with E-state index in [0.29, 0.717) is 0 Å². The summed E-state index contributed by atoms with van der Waals surface area (Å²) in [4.78, 5) is 10.8. The summed E-state index contributed by atoms with van der Waals surface area (Å²) in [6.45, 7) is 2.81. The highest BCUT2D eigenvalue weighted by molar-refractivity contribution is 5.66. The van der Waals surface area contributed by atoms with Crippen LogP contribution in [0.4, 0.5) is 0 Å². The first-order chi connectivity index (χ1) is 6.97. The lowest BCUT2D eigenvalue weighted by atomic mass is 10.00. The molecule has 1 rings (SSSR count). The summed E-state index contributed by atoms with van der Waals surface area (Å²) in [7, 11) is 1.37. The molecule has 6 heteroatoms. The van der Waals surface area contributed by atoms with Crippen molar-refractivity contribution in [3.05, 3.63) is 0 Å². The van der Waals surface area contributed by atoms with E-state index in [4.69, 9.17) is 14.2 Å². The lowest BCUT2D eigenvalue weighted by molar-refractivity contribution is -0.289. The van der Waals surface area contributed by atoms with Gasteiger partial charge in [-0.3, -0.25) is 4.79 Å². The number of hydrogen-bond donors (Lipinski definition) is 2. The second kappa shape index (κ2) is 4.89. The molecule has 1 fully saturated rings. The van der Waals surface area contributed by atoms with Crippen molar-refractivity contribution in [3.63, 3.8) is 0 Å². The summed E-state index contributed by atoms with van der Waals surface area (Å²) in [5.74, 6) is -0.563. The Balaban J connectivity index is 2.75. The third kappa shape index (κ3) is 2.66. The molecule has 0 aromatic heterocycles. The fourth-order valence-electron chi connectivity index (χ4n) is 1.51. The smallest absolute Gasteiger partial charge is 0.303 e. The van der Waals surface area contributed by atoms with Gasteiger partial charge in [-0.2, -0.15) is 0 Å². The van der Waals surface area contributed by atoms with Gasteiger partial charge in [0.15, 0.2) is 12.4 Å². The summed E-state index contributed by atoms with van der Waals surface area (Å²) in [6, 6.07) is 0. The van der Waals surface area contributed by atoms with Gasteiger partial charge in [0.1, 0.15) is 12.2 Å². The van der Waals surface area contributed by atoms with E-state index in [1.54, 1.807) is 6.92 Å². The second-order valence-corrected chi connectivity index (χ2v) is 3.50. The van der Waals surface area contributed by atoms with Gasteiger partial charge in [-0.05, 0) is 6.92 Å². The molecular weight excluding hydrogens is 204 g/mol. The van der Waals surface area contributed by atoms with E-state index in [1.807, 2.05) is 0 Å². The predicted octanol–water partition coefficient (Wildman–Crippen LogP) is -0.969. The van der Waals surface area contributed by atoms with Crippen molar-refractivity contribution in [2.75, 3.05) is 7.11 Å². The Hall–Kier alpha value is -0.690. The third-order valence-electron chi connectivity index (χ3n) is 2.32. The largest absolute Gasteiger partial charge is 0.454 e. The fraction of sp³-hybridized carbons (Fsp3) is 0.889. The van der Waals surface area contributed by atoms with Crippen molar-refractivity contribution >= 4 is 5.97 Å². The molecule has 5 atom stereocenters. The van der Waals surface area contributed by atoms with Crippen LogP contribution in [0.25, 0.3) is 0 Å². The number of aliphatic hydroxyl groups is 2. The van der Waals surface area contributed by atoms with E-state index in [1.165, 1.54) is 14.0 Å². The van der Waals surface area contributed by atoms with Crippen molar-refractivity contribution in [1.29, 1.82) is 0 Å². The van der Waals surface area contributed by atoms with Crippen LogP contribution < -0.4 is 0 Å². The molecule has 1 saturated heterocycles. The Kier molecular flexibility index (Phi) is 4.04. The molecule has 0 spiro atoms. The number of methoxy groups -OCH3 is 1. The molecule has 1 aliphatic heterocycles. The van der Waals surface area contributed by atoms with Crippen LogP contribution in [0, 0.1) is 0 Å². The quantitative estimate of drug-likeness (QED) is 0.582. The van der Waals surface area contributed by atoms with Gasteiger partial charge in [-0.15, -0.1) is 0 Å². The molecule has 0 aromatic carbocycles. The molecule has 6 nitrogen and oxygen atoms in total. The number of rotatable bonds is 2. The number of hydrogen-bond acceptors (Lipinski definition) is 6. The van der Waals surface area contributed by atoms with Crippen molar-refractivity contribution in [3.8, 4) is 0 Å². The molecule has 0 unspecified atom stereocenters. The van der Waals surface area contributed by atoms with E-state index < -0.39 is 36.7 Å². The lowest BCUT2D eigenvalue weighted by Gasteiger charge is -2.39. The SMILES string of the molecule is CO[C@H]1O[C@H](C)[C@H](O)[C@H](O)[C@H]1OC(C)=O. The number of carbonyl (C=O) groups excluding carboxylic acids is 1. The van der Waals surface area contributed by atoms with Crippen LogP contribution >= 0.6 is 0 Å². The van der Waals surface area contributed by atoms with Crippen LogP contribution in [-0.4, -0.2) is 54.0 Å². The van der Waals surface area contributed by atoms with Crippen LogP contribution in [0.2, 0.25) is 0 Å². The van der Waals surface area contributed by atoms with E-state index in [0.717, 1.165) is 0 Å². The van der Waals surface area contributed by atoms with Crippen LogP contribution in [0.15, 0.2) is 0 Å². The zero-order valence-electron chi connectivity index (χ0n) is 8.91. The monoisotopic (exact) mass is 220 g/mol. The molecule has 0 amide bonds. The Morgan fingerprint density at radius 1 is 1.33 bits per heavy atom. The molecule has 15 heavy (non-hydrogen) atoms. The zero-order valence-corrected chi connectivity index (χ0v) is 8.91. The minimum absolute atomic E-state index is 0.563. The number of aliphatic hydroxyl groups excluding tert-OH is 2. The van der Waals surface area contributed by atoms with Gasteiger partial charge in [-0.1, -0.05) is 0 Å². The maximum atomic E-state index is 10.8. The Bertz CT molecular complexity index is 229. The summed E-state index contributed by atoms with van der Waals surface area (Å²) in [6.07, 6.45) is -4.74. The number of esters is 1. The molecule has 1 heterocycles. The predicted molar refractivity (Wildman–Crippen MR) is 48.9 cm³/mol. The van der Waals surface area contributed by atoms with Crippen LogP contribution in [0.1, 0.15) is 13.8 Å². The van der Waals surface area contributed by atoms with Gasteiger partial charge < -0.3 is 24.4 Å². The molecular formula is C9H16O6. The molecule has 0 saturated carbocycles. The van der Waals surface area contributed by atoms with E-state index >= 15 is 0 Å². The van der Waals surface area contributed by atoms with Crippen LogP contribution in [0.5, 0.6) is 0 Å². The Morgan fingerprint density at radius 3 is 2.40 bits per heavy atom. The summed E-state index contributed by atoms with van der Waals surface area (Å²) < 4.78 is 15.0. The van der Waals surface area contributed by atoms with Crippen LogP contribution in [-0.2, 0) is 19.0 Å². The molecule has 2 N–H and O–H groups in total. The molecule has 0 bridgehead atoms. The first-order valence-corrected chi connectivity index (χ1v) is 4.69. The first kappa shape index (κ1) is 12.4. The number of ether oxygens (including phenoxy) is 3. The highest BCUT2D eigenvalue weighted by Crippen LogP contribution is 2.23. The van der Waals surface area contributed by atoms with Crippen molar-refractivity contribution in [1.82, 2.24) is 0 Å². The molecule has 1 aliphatic rings. The van der Waals surface area contributed by atoms with Gasteiger partial charge in [0.25, 0.3) is 0 Å². The van der Waals surface area contributed by atoms with Crippen molar-refractivity contribution in [2.45, 2.75) is 44.6 Å². The van der Waals surface area contributed by atoms with Gasteiger partial charge in [0.05, 0.1) is 6.10 Å². The molecule has 0 radical (unpaired) electrons. The van der Waals surface area contributed by atoms with E-state index in [-0.39, 0.29) is 0 Å². The molecule has 0 aliphatic carbocycles. The molecule has 88 valence electrons. The zero-order chi connectivity index (χ0) is 11.6. The topological polar surface area (TPSA) is 85.2 Å². The summed E-state index contributed by atoms with van der Waals surface area (Å²) in [5.41, 5.74) is 0. The first-order valence-electron chi connectivity index (χ1n) is 4.69. The van der Waals surface area contributed by atoms with Crippen LogP contribution in [0.3, 0.4) is 0 Å².